The molecule has 13 rings (SSSR count). The fraction of sp³-hybridized carbons (Fsp3) is 0. The second-order valence-corrected chi connectivity index (χ2v) is 14.0. The summed E-state index contributed by atoms with van der Waals surface area (Å²) in [6, 6.07) is 57.0. The Morgan fingerprint density at radius 1 is 0.385 bits per heavy atom. The first-order valence-corrected chi connectivity index (χ1v) is 17.7. The van der Waals surface area contributed by atoms with Gasteiger partial charge in [0.2, 0.25) is 11.6 Å². The fourth-order valence-corrected chi connectivity index (χ4v) is 9.01. The van der Waals surface area contributed by atoms with Crippen LogP contribution in [-0.4, -0.2) is 27.7 Å². The van der Waals surface area contributed by atoms with Crippen molar-refractivity contribution in [3.63, 3.8) is 0 Å². The van der Waals surface area contributed by atoms with E-state index in [1.807, 2.05) is 0 Å². The minimum absolute atomic E-state index is 0.871. The molecular weight excluding hydrogens is 637 g/mol. The zero-order valence-corrected chi connectivity index (χ0v) is 27.7. The molecule has 0 fully saturated rings. The van der Waals surface area contributed by atoms with Crippen LogP contribution < -0.4 is 0 Å². The van der Waals surface area contributed by atoms with E-state index in [9.17, 15) is 0 Å². The van der Waals surface area contributed by atoms with Crippen molar-refractivity contribution in [3.8, 4) is 16.8 Å². The van der Waals surface area contributed by atoms with Gasteiger partial charge in [0.15, 0.2) is 0 Å². The first-order chi connectivity index (χ1) is 25.8. The van der Waals surface area contributed by atoms with E-state index in [0.29, 0.717) is 0 Å². The van der Waals surface area contributed by atoms with Gasteiger partial charge in [0.1, 0.15) is 5.52 Å². The van der Waals surface area contributed by atoms with E-state index < -0.39 is 0 Å². The molecule has 0 spiro atoms. The predicted octanol–water partition coefficient (Wildman–Crippen LogP) is 11.2. The van der Waals surface area contributed by atoms with Crippen LogP contribution in [0.15, 0.2) is 158 Å². The fourth-order valence-electron chi connectivity index (χ4n) is 9.01. The van der Waals surface area contributed by atoms with Crippen LogP contribution in [0.3, 0.4) is 0 Å². The number of hydrogen-bond donors (Lipinski definition) is 0. The maximum atomic E-state index is 5.33. The van der Waals surface area contributed by atoms with Crippen LogP contribution in [0.5, 0.6) is 0 Å². The van der Waals surface area contributed by atoms with E-state index >= 15 is 0 Å². The van der Waals surface area contributed by atoms with Crippen LogP contribution in [0.4, 0.5) is 0 Å². The van der Waals surface area contributed by atoms with Crippen molar-refractivity contribution < 1.29 is 0 Å². The van der Waals surface area contributed by atoms with E-state index in [2.05, 4.69) is 175 Å². The Morgan fingerprint density at radius 2 is 0.923 bits per heavy atom. The summed E-state index contributed by atoms with van der Waals surface area (Å²) in [5.41, 5.74) is 13.4. The van der Waals surface area contributed by atoms with Crippen molar-refractivity contribution in [2.45, 2.75) is 0 Å². The highest BCUT2D eigenvalue weighted by atomic mass is 15.3. The molecule has 0 saturated heterocycles. The molecule has 5 aromatic heterocycles. The first kappa shape index (κ1) is 26.7. The third-order valence-corrected chi connectivity index (χ3v) is 11.2. The SMILES string of the molecule is c1ccc(-n2c3ccccc3c3c(-c4cc5c6c(c4)n4c7cc8ccccc8cc7nc4n6c4nc6cc7ccccc7cc6n54)cccc32)cc1. The zero-order valence-electron chi connectivity index (χ0n) is 27.7. The van der Waals surface area contributed by atoms with Gasteiger partial charge >= 0.3 is 0 Å². The number of fused-ring (bicyclic) bond motifs is 15. The number of benzene rings is 8. The molecule has 0 bridgehead atoms. The largest absolute Gasteiger partial charge is 0.309 e. The van der Waals surface area contributed by atoms with Gasteiger partial charge in [-0.25, -0.2) is 14.4 Å². The van der Waals surface area contributed by atoms with Gasteiger partial charge in [-0.15, -0.1) is 0 Å². The minimum atomic E-state index is 0.871. The highest BCUT2D eigenvalue weighted by Gasteiger charge is 2.26. The van der Waals surface area contributed by atoms with E-state index in [4.69, 9.17) is 9.97 Å². The highest BCUT2D eigenvalue weighted by molar-refractivity contribution is 6.17. The molecule has 52 heavy (non-hydrogen) atoms. The van der Waals surface area contributed by atoms with Gasteiger partial charge in [0.25, 0.3) is 0 Å². The molecule has 6 heteroatoms. The lowest BCUT2D eigenvalue weighted by Gasteiger charge is -2.09. The van der Waals surface area contributed by atoms with Gasteiger partial charge in [0, 0.05) is 16.5 Å². The van der Waals surface area contributed by atoms with Crippen LogP contribution in [0.25, 0.3) is 110 Å². The molecule has 5 heterocycles. The van der Waals surface area contributed by atoms with Gasteiger partial charge in [-0.3, -0.25) is 8.80 Å². The summed E-state index contributed by atoms with van der Waals surface area (Å²) < 4.78 is 9.35. The topological polar surface area (TPSA) is 43.9 Å². The van der Waals surface area contributed by atoms with Crippen LogP contribution in [-0.2, 0) is 0 Å². The average molecular weight is 663 g/mol. The zero-order chi connectivity index (χ0) is 33.7. The number of imidazole rings is 4. The number of rotatable bonds is 2. The molecule has 0 unspecified atom stereocenters. The summed E-state index contributed by atoms with van der Waals surface area (Å²) in [4.78, 5) is 10.7. The molecule has 13 aromatic rings. The smallest absolute Gasteiger partial charge is 0.223 e. The Bertz CT molecular complexity index is 3480. The third kappa shape index (κ3) is 3.25. The van der Waals surface area contributed by atoms with Crippen LogP contribution in [0, 0.1) is 0 Å². The molecule has 0 amide bonds. The van der Waals surface area contributed by atoms with E-state index in [1.54, 1.807) is 0 Å². The molecule has 0 aliphatic rings. The summed E-state index contributed by atoms with van der Waals surface area (Å²) in [5.74, 6) is 1.74. The highest BCUT2D eigenvalue weighted by Crippen LogP contribution is 2.43. The molecule has 6 nitrogen and oxygen atoms in total. The van der Waals surface area contributed by atoms with Crippen molar-refractivity contribution in [2.75, 3.05) is 0 Å². The molecule has 240 valence electrons. The van der Waals surface area contributed by atoms with Crippen LogP contribution >= 0.6 is 0 Å². The number of para-hydroxylation sites is 2. The maximum Gasteiger partial charge on any atom is 0.223 e. The van der Waals surface area contributed by atoms with Gasteiger partial charge in [-0.2, -0.15) is 0 Å². The lowest BCUT2D eigenvalue weighted by Crippen LogP contribution is -1.93. The second kappa shape index (κ2) is 9.33. The van der Waals surface area contributed by atoms with Crippen LogP contribution in [0.2, 0.25) is 0 Å². The Labute approximate surface area is 295 Å². The Balaban J connectivity index is 1.23. The molecule has 8 aromatic carbocycles. The lowest BCUT2D eigenvalue weighted by atomic mass is 9.98. The summed E-state index contributed by atoms with van der Waals surface area (Å²) in [6.45, 7) is 0. The molecule has 0 radical (unpaired) electrons. The molecule has 0 aliphatic heterocycles. The molecular formula is C46H26N6. The van der Waals surface area contributed by atoms with Crippen molar-refractivity contribution in [3.05, 3.63) is 158 Å². The van der Waals surface area contributed by atoms with Gasteiger partial charge in [0.05, 0.1) is 44.1 Å². The molecule has 0 atom stereocenters. The van der Waals surface area contributed by atoms with Gasteiger partial charge in [-0.1, -0.05) is 97.1 Å². The minimum Gasteiger partial charge on any atom is -0.309 e. The van der Waals surface area contributed by atoms with Crippen molar-refractivity contribution in [1.82, 2.24) is 27.7 Å². The summed E-state index contributed by atoms with van der Waals surface area (Å²) in [6.07, 6.45) is 0. The summed E-state index contributed by atoms with van der Waals surface area (Å²) in [7, 11) is 0. The van der Waals surface area contributed by atoms with Crippen LogP contribution in [0.1, 0.15) is 0 Å². The first-order valence-electron chi connectivity index (χ1n) is 17.7. The number of hydrogen-bond acceptors (Lipinski definition) is 2. The van der Waals surface area contributed by atoms with Crippen molar-refractivity contribution in [1.29, 1.82) is 0 Å². The molecule has 0 aliphatic carbocycles. The molecule has 0 saturated carbocycles. The predicted molar refractivity (Wildman–Crippen MR) is 213 cm³/mol. The summed E-state index contributed by atoms with van der Waals surface area (Å²) >= 11 is 0. The Kier molecular flexibility index (Phi) is 4.78. The third-order valence-electron chi connectivity index (χ3n) is 11.2. The van der Waals surface area contributed by atoms with Gasteiger partial charge < -0.3 is 4.57 Å². The van der Waals surface area contributed by atoms with E-state index in [0.717, 1.165) is 61.4 Å². The lowest BCUT2D eigenvalue weighted by molar-refractivity contribution is 1.15. The monoisotopic (exact) mass is 662 g/mol. The quantitative estimate of drug-likeness (QED) is 0.185. The Morgan fingerprint density at radius 3 is 1.56 bits per heavy atom. The van der Waals surface area contributed by atoms with E-state index in [1.165, 1.54) is 48.9 Å². The Hall–Kier alpha value is -7.18. The standard InChI is InChI=1S/C46H26N6/c1-2-15-32(16-3-1)49-37-19-9-8-17-34(37)43-33(18-10-20-38(43)49)31-25-41-44-42(26-31)51-40-24-30-14-7-5-12-28(30)22-36(40)48-46(51)52(44)45-47-35-21-27-11-4-6-13-29(27)23-39(35)50(41)45/h1-26H. The number of nitrogens with zero attached hydrogens (tertiary/aromatic N) is 6. The van der Waals surface area contributed by atoms with E-state index in [-0.39, 0.29) is 0 Å². The van der Waals surface area contributed by atoms with Crippen molar-refractivity contribution >= 4 is 93.5 Å². The van der Waals surface area contributed by atoms with Gasteiger partial charge in [-0.05, 0) is 93.3 Å². The summed E-state index contributed by atoms with van der Waals surface area (Å²) in [5, 5.41) is 7.24. The maximum absolute atomic E-state index is 5.33. The second-order valence-electron chi connectivity index (χ2n) is 14.0. The average Bonchev–Trinajstić information content (AvgIpc) is 3.98. The number of aromatic nitrogens is 6. The normalized spacial score (nSPS) is 12.6. The van der Waals surface area contributed by atoms with Crippen molar-refractivity contribution in [2.24, 2.45) is 0 Å². The molecule has 0 N–H and O–H groups in total.